The van der Waals surface area contributed by atoms with Crippen molar-refractivity contribution in [2.45, 2.75) is 38.3 Å². The second-order valence-electron chi connectivity index (χ2n) is 9.83. The molecule has 0 radical (unpaired) electrons. The van der Waals surface area contributed by atoms with Crippen molar-refractivity contribution < 1.29 is 23.7 Å². The maximum Gasteiger partial charge on any atom is 0.150 e. The molecule has 0 saturated carbocycles. The van der Waals surface area contributed by atoms with Crippen molar-refractivity contribution in [2.75, 3.05) is 26.3 Å². The zero-order valence-electron chi connectivity index (χ0n) is 20.4. The minimum absolute atomic E-state index is 0.147. The molecule has 3 aromatic carbocycles. The highest BCUT2D eigenvalue weighted by atomic mass is 19.1. The maximum absolute atomic E-state index is 14.1. The molecule has 0 aromatic heterocycles. The molecule has 6 heteroatoms. The molecule has 36 heavy (non-hydrogen) atoms. The number of hydrogen-bond acceptors (Lipinski definition) is 5. The Bertz CT molecular complexity index is 1300. The van der Waals surface area contributed by atoms with Crippen molar-refractivity contribution in [2.24, 2.45) is 0 Å². The minimum atomic E-state index is -0.442. The number of hydrogen-bond donors (Lipinski definition) is 1. The highest BCUT2D eigenvalue weighted by Crippen LogP contribution is 2.51. The Hall–Kier alpha value is -3.51. The molecule has 6 rings (SSSR count). The van der Waals surface area contributed by atoms with Crippen molar-refractivity contribution in [1.82, 2.24) is 4.90 Å². The number of likely N-dealkylation sites (tertiary alicyclic amines) is 1. The van der Waals surface area contributed by atoms with Crippen molar-refractivity contribution in [1.29, 1.82) is 0 Å². The van der Waals surface area contributed by atoms with E-state index in [4.69, 9.17) is 14.2 Å². The molecule has 3 heterocycles. The third kappa shape index (κ3) is 4.30. The van der Waals surface area contributed by atoms with E-state index < -0.39 is 6.10 Å². The van der Waals surface area contributed by atoms with Crippen LogP contribution in [0.15, 0.2) is 60.7 Å². The fraction of sp³-hybridized carbons (Fsp3) is 0.333. The van der Waals surface area contributed by atoms with Gasteiger partial charge in [-0.15, -0.1) is 0 Å². The number of rotatable bonds is 5. The molecule has 186 valence electrons. The molecule has 0 amide bonds. The van der Waals surface area contributed by atoms with Crippen molar-refractivity contribution in [3.8, 4) is 23.0 Å². The van der Waals surface area contributed by atoms with Crippen molar-refractivity contribution in [3.05, 3.63) is 83.2 Å². The Kier molecular flexibility index (Phi) is 6.05. The Morgan fingerprint density at radius 2 is 1.75 bits per heavy atom. The molecule has 0 spiro atoms. The van der Waals surface area contributed by atoms with Crippen LogP contribution in [0.3, 0.4) is 0 Å². The number of halogens is 1. The SMILES string of the molecule is CC(COc1ccc(C2Oc3cc(F)ccc3C3=C2c2ccc(O)cc2OC3)cc1)N1CCCCC1. The van der Waals surface area contributed by atoms with Gasteiger partial charge in [0.25, 0.3) is 0 Å². The number of ether oxygens (including phenoxy) is 3. The predicted molar refractivity (Wildman–Crippen MR) is 137 cm³/mol. The van der Waals surface area contributed by atoms with Crippen molar-refractivity contribution in [3.63, 3.8) is 0 Å². The Labute approximate surface area is 210 Å². The summed E-state index contributed by atoms with van der Waals surface area (Å²) in [6, 6.07) is 18.1. The fourth-order valence-electron chi connectivity index (χ4n) is 5.45. The van der Waals surface area contributed by atoms with E-state index in [-0.39, 0.29) is 11.6 Å². The molecule has 5 nitrogen and oxygen atoms in total. The molecule has 1 saturated heterocycles. The van der Waals surface area contributed by atoms with Crippen LogP contribution in [0.1, 0.15) is 49.0 Å². The van der Waals surface area contributed by atoms with Crippen molar-refractivity contribution >= 4 is 11.1 Å². The molecule has 3 aliphatic rings. The minimum Gasteiger partial charge on any atom is -0.508 e. The van der Waals surface area contributed by atoms with Crippen LogP contribution in [0, 0.1) is 5.82 Å². The van der Waals surface area contributed by atoms with Gasteiger partial charge in [-0.1, -0.05) is 18.6 Å². The van der Waals surface area contributed by atoms with E-state index in [1.54, 1.807) is 18.2 Å². The average molecular weight is 488 g/mol. The molecular weight excluding hydrogens is 457 g/mol. The second kappa shape index (κ2) is 9.51. The first kappa shape index (κ1) is 22.9. The molecule has 3 aromatic rings. The first-order valence-electron chi connectivity index (χ1n) is 12.7. The van der Waals surface area contributed by atoms with Gasteiger partial charge in [-0.05, 0) is 74.8 Å². The average Bonchev–Trinajstić information content (AvgIpc) is 2.91. The lowest BCUT2D eigenvalue weighted by Crippen LogP contribution is -2.40. The summed E-state index contributed by atoms with van der Waals surface area (Å²) < 4.78 is 32.6. The van der Waals surface area contributed by atoms with Gasteiger partial charge in [0.15, 0.2) is 6.10 Å². The van der Waals surface area contributed by atoms with Crippen LogP contribution in [0.5, 0.6) is 23.0 Å². The highest BCUT2D eigenvalue weighted by molar-refractivity contribution is 5.99. The van der Waals surface area contributed by atoms with Crippen LogP contribution in [0.4, 0.5) is 4.39 Å². The van der Waals surface area contributed by atoms with Gasteiger partial charge in [-0.2, -0.15) is 0 Å². The molecule has 1 N–H and O–H groups in total. The first-order chi connectivity index (χ1) is 17.6. The van der Waals surface area contributed by atoms with E-state index in [1.807, 2.05) is 30.3 Å². The highest BCUT2D eigenvalue weighted by Gasteiger charge is 2.35. The molecular formula is C30H30FNO4. The van der Waals surface area contributed by atoms with E-state index in [9.17, 15) is 9.50 Å². The van der Waals surface area contributed by atoms with Gasteiger partial charge in [-0.3, -0.25) is 4.90 Å². The summed E-state index contributed by atoms with van der Waals surface area (Å²) in [5.74, 6) is 1.73. The van der Waals surface area contributed by atoms with Crippen LogP contribution in [0.2, 0.25) is 0 Å². The quantitative estimate of drug-likeness (QED) is 0.463. The van der Waals surface area contributed by atoms with Gasteiger partial charge in [0.2, 0.25) is 0 Å². The third-order valence-corrected chi connectivity index (χ3v) is 7.42. The largest absolute Gasteiger partial charge is 0.508 e. The Morgan fingerprint density at radius 1 is 0.972 bits per heavy atom. The van der Waals surface area contributed by atoms with Crippen LogP contribution in [-0.4, -0.2) is 42.4 Å². The lowest BCUT2D eigenvalue weighted by atomic mass is 9.84. The summed E-state index contributed by atoms with van der Waals surface area (Å²) >= 11 is 0. The van der Waals surface area contributed by atoms with Crippen LogP contribution >= 0.6 is 0 Å². The monoisotopic (exact) mass is 487 g/mol. The van der Waals surface area contributed by atoms with E-state index in [0.29, 0.717) is 30.8 Å². The first-order valence-corrected chi connectivity index (χ1v) is 12.7. The van der Waals surface area contributed by atoms with E-state index in [0.717, 1.165) is 46.7 Å². The topological polar surface area (TPSA) is 51.2 Å². The number of aromatic hydroxyl groups is 1. The Balaban J connectivity index is 1.29. The number of phenolic OH excluding ortho intramolecular Hbond substituents is 1. The van der Waals surface area contributed by atoms with E-state index >= 15 is 0 Å². The second-order valence-corrected chi connectivity index (χ2v) is 9.83. The molecule has 2 atom stereocenters. The van der Waals surface area contributed by atoms with Gasteiger partial charge in [-0.25, -0.2) is 4.39 Å². The molecule has 0 aliphatic carbocycles. The predicted octanol–water partition coefficient (Wildman–Crippen LogP) is 6.22. The zero-order chi connectivity index (χ0) is 24.6. The number of fused-ring (bicyclic) bond motifs is 4. The molecule has 1 fully saturated rings. The number of benzene rings is 3. The van der Waals surface area contributed by atoms with Gasteiger partial charge in [0, 0.05) is 40.4 Å². The van der Waals surface area contributed by atoms with Gasteiger partial charge in [0.05, 0.1) is 0 Å². The van der Waals surface area contributed by atoms with Gasteiger partial charge >= 0.3 is 0 Å². The normalized spacial score (nSPS) is 19.9. The van der Waals surface area contributed by atoms with Crippen LogP contribution < -0.4 is 14.2 Å². The van der Waals surface area contributed by atoms with Crippen LogP contribution in [-0.2, 0) is 0 Å². The summed E-state index contributed by atoms with van der Waals surface area (Å²) in [7, 11) is 0. The summed E-state index contributed by atoms with van der Waals surface area (Å²) in [6.45, 7) is 5.48. The summed E-state index contributed by atoms with van der Waals surface area (Å²) in [5, 5.41) is 9.97. The van der Waals surface area contributed by atoms with E-state index in [1.165, 1.54) is 31.4 Å². The molecule has 3 aliphatic heterocycles. The fourth-order valence-corrected chi connectivity index (χ4v) is 5.45. The molecule has 2 unspecified atom stereocenters. The lowest BCUT2D eigenvalue weighted by Gasteiger charge is -2.35. The van der Waals surface area contributed by atoms with Gasteiger partial charge < -0.3 is 19.3 Å². The van der Waals surface area contributed by atoms with E-state index in [2.05, 4.69) is 11.8 Å². The lowest BCUT2D eigenvalue weighted by molar-refractivity contribution is 0.125. The molecule has 0 bridgehead atoms. The standard InChI is InChI=1S/C30H30FNO4/c1-19(32-13-3-2-4-14-32)17-34-23-9-5-20(6-10-23)30-29-25-12-8-22(33)16-27(25)35-18-26(29)24-11-7-21(31)15-28(24)36-30/h5-12,15-16,19,30,33H,2-4,13-14,17-18H2,1H3. The third-order valence-electron chi connectivity index (χ3n) is 7.42. The smallest absolute Gasteiger partial charge is 0.150 e. The number of nitrogens with zero attached hydrogens (tertiary/aromatic N) is 1. The summed E-state index contributed by atoms with van der Waals surface area (Å²) in [6.07, 6.45) is 3.41. The summed E-state index contributed by atoms with van der Waals surface area (Å²) in [5.41, 5.74) is 4.57. The number of piperidine rings is 1. The zero-order valence-corrected chi connectivity index (χ0v) is 20.4. The Morgan fingerprint density at radius 3 is 2.56 bits per heavy atom. The number of phenols is 1. The van der Waals surface area contributed by atoms with Gasteiger partial charge in [0.1, 0.15) is 42.0 Å². The summed E-state index contributed by atoms with van der Waals surface area (Å²) in [4.78, 5) is 2.50. The maximum atomic E-state index is 14.1. The van der Waals surface area contributed by atoms with Crippen LogP contribution in [0.25, 0.3) is 11.1 Å².